The fourth-order valence-corrected chi connectivity index (χ4v) is 3.08. The van der Waals surface area contributed by atoms with Crippen LogP contribution in [0.3, 0.4) is 0 Å². The summed E-state index contributed by atoms with van der Waals surface area (Å²) in [7, 11) is 1.63. The number of hydrogen-bond acceptors (Lipinski definition) is 5. The second-order valence-corrected chi connectivity index (χ2v) is 6.19. The Bertz CT molecular complexity index is 899. The van der Waals surface area contributed by atoms with Crippen LogP contribution in [-0.4, -0.2) is 29.5 Å². The van der Waals surface area contributed by atoms with E-state index in [4.69, 9.17) is 4.74 Å². The fraction of sp³-hybridized carbons (Fsp3) is 0.235. The first-order valence-corrected chi connectivity index (χ1v) is 8.39. The zero-order valence-corrected chi connectivity index (χ0v) is 14.0. The van der Waals surface area contributed by atoms with E-state index in [1.807, 2.05) is 29.6 Å². The van der Waals surface area contributed by atoms with Crippen molar-refractivity contribution in [2.24, 2.45) is 0 Å². The minimum atomic E-state index is -0.198. The van der Waals surface area contributed by atoms with Crippen molar-refractivity contribution >= 4 is 27.5 Å². The van der Waals surface area contributed by atoms with E-state index in [9.17, 15) is 9.59 Å². The maximum absolute atomic E-state index is 12.0. The summed E-state index contributed by atoms with van der Waals surface area (Å²) in [5.41, 5.74) is 1.54. The number of amides is 1. The zero-order chi connectivity index (χ0) is 16.9. The number of thiophene rings is 1. The number of rotatable bonds is 6. The molecule has 0 bridgehead atoms. The summed E-state index contributed by atoms with van der Waals surface area (Å²) in [5, 5.41) is 4.65. The second kappa shape index (κ2) is 7.27. The van der Waals surface area contributed by atoms with Crippen LogP contribution in [0.2, 0.25) is 0 Å². The van der Waals surface area contributed by atoms with Gasteiger partial charge in [-0.15, -0.1) is 11.3 Å². The number of fused-ring (bicyclic) bond motifs is 1. The van der Waals surface area contributed by atoms with Crippen molar-refractivity contribution in [2.45, 2.75) is 12.8 Å². The Labute approximate surface area is 142 Å². The number of benzene rings is 1. The Kier molecular flexibility index (Phi) is 4.90. The normalized spacial score (nSPS) is 10.7. The minimum Gasteiger partial charge on any atom is -0.497 e. The average molecular weight is 343 g/mol. The number of hydrogen-bond donors (Lipinski definition) is 2. The number of aromatic amines is 1. The molecule has 0 spiro atoms. The number of carbonyl (C=O) groups excluding carboxylic acids is 1. The first kappa shape index (κ1) is 16.2. The van der Waals surface area contributed by atoms with Gasteiger partial charge >= 0.3 is 0 Å². The van der Waals surface area contributed by atoms with Crippen LogP contribution >= 0.6 is 11.3 Å². The van der Waals surface area contributed by atoms with Gasteiger partial charge in [0.1, 0.15) is 16.3 Å². The lowest BCUT2D eigenvalue weighted by atomic mass is 10.1. The van der Waals surface area contributed by atoms with Gasteiger partial charge in [-0.2, -0.15) is 0 Å². The second-order valence-electron chi connectivity index (χ2n) is 5.27. The predicted octanol–water partition coefficient (Wildman–Crippen LogP) is 1.89. The van der Waals surface area contributed by atoms with Crippen LogP contribution in [0, 0.1) is 0 Å². The van der Waals surface area contributed by atoms with Gasteiger partial charge in [0.15, 0.2) is 0 Å². The van der Waals surface area contributed by atoms with E-state index in [0.717, 1.165) is 17.7 Å². The highest BCUT2D eigenvalue weighted by Crippen LogP contribution is 2.14. The number of nitrogens with one attached hydrogen (secondary N) is 2. The number of carbonyl (C=O) groups is 1. The van der Waals surface area contributed by atoms with Gasteiger partial charge in [-0.3, -0.25) is 9.59 Å². The standard InChI is InChI=1S/C17H17N3O3S/c1-23-12-4-2-11(3-5-12)6-8-18-15(21)10-14-19-13-7-9-24-16(13)17(22)20-14/h2-5,7,9H,6,8,10H2,1H3,(H,18,21)(H,19,20,22). The van der Waals surface area contributed by atoms with Gasteiger partial charge in [0.2, 0.25) is 5.91 Å². The van der Waals surface area contributed by atoms with Crippen LogP contribution in [0.15, 0.2) is 40.5 Å². The first-order chi connectivity index (χ1) is 11.7. The maximum atomic E-state index is 12.0. The molecule has 7 heteroatoms. The Morgan fingerprint density at radius 1 is 1.29 bits per heavy atom. The molecule has 3 rings (SSSR count). The van der Waals surface area contributed by atoms with E-state index in [0.29, 0.717) is 22.6 Å². The van der Waals surface area contributed by atoms with Gasteiger partial charge < -0.3 is 15.0 Å². The van der Waals surface area contributed by atoms with Crippen molar-refractivity contribution in [1.29, 1.82) is 0 Å². The van der Waals surface area contributed by atoms with Gasteiger partial charge in [0.25, 0.3) is 5.56 Å². The molecule has 0 saturated heterocycles. The van der Waals surface area contributed by atoms with Crippen LogP contribution in [0.25, 0.3) is 10.2 Å². The van der Waals surface area contributed by atoms with Crippen LogP contribution in [-0.2, 0) is 17.6 Å². The molecule has 3 aromatic rings. The molecule has 0 aliphatic heterocycles. The van der Waals surface area contributed by atoms with Crippen molar-refractivity contribution in [2.75, 3.05) is 13.7 Å². The van der Waals surface area contributed by atoms with Crippen LogP contribution in [0.4, 0.5) is 0 Å². The van der Waals surface area contributed by atoms with E-state index in [2.05, 4.69) is 15.3 Å². The third-order valence-electron chi connectivity index (χ3n) is 3.59. The molecule has 0 radical (unpaired) electrons. The van der Waals surface area contributed by atoms with Gasteiger partial charge in [0.05, 0.1) is 19.0 Å². The number of aromatic nitrogens is 2. The molecule has 2 N–H and O–H groups in total. The molecule has 0 aliphatic carbocycles. The molecule has 1 aromatic carbocycles. The minimum absolute atomic E-state index is 0.0592. The third kappa shape index (κ3) is 3.80. The fourth-order valence-electron chi connectivity index (χ4n) is 2.36. The largest absolute Gasteiger partial charge is 0.497 e. The Hall–Kier alpha value is -2.67. The van der Waals surface area contributed by atoms with E-state index in [1.165, 1.54) is 11.3 Å². The van der Waals surface area contributed by atoms with E-state index < -0.39 is 0 Å². The van der Waals surface area contributed by atoms with Crippen molar-refractivity contribution in [1.82, 2.24) is 15.3 Å². The van der Waals surface area contributed by atoms with Crippen LogP contribution in [0.1, 0.15) is 11.4 Å². The van der Waals surface area contributed by atoms with Crippen LogP contribution in [0.5, 0.6) is 5.75 Å². The third-order valence-corrected chi connectivity index (χ3v) is 4.49. The lowest BCUT2D eigenvalue weighted by Crippen LogP contribution is -2.28. The molecular formula is C17H17N3O3S. The lowest BCUT2D eigenvalue weighted by Gasteiger charge is -2.06. The molecule has 0 aliphatic rings. The summed E-state index contributed by atoms with van der Waals surface area (Å²) in [6.07, 6.45) is 0.785. The monoisotopic (exact) mass is 343 g/mol. The molecule has 0 fully saturated rings. The summed E-state index contributed by atoms with van der Waals surface area (Å²) in [6, 6.07) is 9.49. The predicted molar refractivity (Wildman–Crippen MR) is 93.7 cm³/mol. The summed E-state index contributed by atoms with van der Waals surface area (Å²) in [4.78, 5) is 30.8. The van der Waals surface area contributed by atoms with E-state index >= 15 is 0 Å². The highest BCUT2D eigenvalue weighted by molar-refractivity contribution is 7.17. The van der Waals surface area contributed by atoms with Crippen molar-refractivity contribution < 1.29 is 9.53 Å². The van der Waals surface area contributed by atoms with Crippen molar-refractivity contribution in [3.8, 4) is 5.75 Å². The Morgan fingerprint density at radius 2 is 2.08 bits per heavy atom. The van der Waals surface area contributed by atoms with Gasteiger partial charge in [-0.1, -0.05) is 12.1 Å². The number of H-pyrrole nitrogens is 1. The molecule has 2 aromatic heterocycles. The first-order valence-electron chi connectivity index (χ1n) is 7.52. The van der Waals surface area contributed by atoms with Crippen molar-refractivity contribution in [3.05, 3.63) is 57.5 Å². The summed E-state index contributed by atoms with van der Waals surface area (Å²) in [6.45, 7) is 0.524. The summed E-state index contributed by atoms with van der Waals surface area (Å²) < 4.78 is 5.69. The molecule has 0 atom stereocenters. The molecule has 2 heterocycles. The number of methoxy groups -OCH3 is 1. The van der Waals surface area contributed by atoms with Gasteiger partial charge in [-0.05, 0) is 35.6 Å². The highest BCUT2D eigenvalue weighted by atomic mass is 32.1. The van der Waals surface area contributed by atoms with Crippen LogP contribution < -0.4 is 15.6 Å². The molecule has 1 amide bonds. The number of nitrogens with zero attached hydrogens (tertiary/aromatic N) is 1. The topological polar surface area (TPSA) is 84.1 Å². The van der Waals surface area contributed by atoms with Gasteiger partial charge in [-0.25, -0.2) is 4.98 Å². The molecular weight excluding hydrogens is 326 g/mol. The molecule has 0 saturated carbocycles. The smallest absolute Gasteiger partial charge is 0.268 e. The summed E-state index contributed by atoms with van der Waals surface area (Å²) >= 11 is 1.34. The number of ether oxygens (including phenoxy) is 1. The molecule has 24 heavy (non-hydrogen) atoms. The Balaban J connectivity index is 1.53. The molecule has 0 unspecified atom stereocenters. The highest BCUT2D eigenvalue weighted by Gasteiger charge is 2.09. The quantitative estimate of drug-likeness (QED) is 0.716. The Morgan fingerprint density at radius 3 is 2.83 bits per heavy atom. The SMILES string of the molecule is COc1ccc(CCNC(=O)Cc2nc3ccsc3c(=O)[nH]2)cc1. The summed E-state index contributed by atoms with van der Waals surface area (Å²) in [5.74, 6) is 1.02. The zero-order valence-electron chi connectivity index (χ0n) is 13.2. The molecule has 124 valence electrons. The lowest BCUT2D eigenvalue weighted by molar-refractivity contribution is -0.120. The average Bonchev–Trinajstić information content (AvgIpc) is 3.04. The van der Waals surface area contributed by atoms with E-state index in [1.54, 1.807) is 13.2 Å². The maximum Gasteiger partial charge on any atom is 0.268 e. The van der Waals surface area contributed by atoms with Crippen molar-refractivity contribution in [3.63, 3.8) is 0 Å². The van der Waals surface area contributed by atoms with E-state index in [-0.39, 0.29) is 17.9 Å². The van der Waals surface area contributed by atoms with Gasteiger partial charge in [0, 0.05) is 6.54 Å². The molecule has 6 nitrogen and oxygen atoms in total.